The van der Waals surface area contributed by atoms with Gasteiger partial charge in [0, 0.05) is 23.9 Å². The topological polar surface area (TPSA) is 46.1 Å². The maximum Gasteiger partial charge on any atom is 0.235 e. The zero-order valence-corrected chi connectivity index (χ0v) is 17.7. The second-order valence-corrected chi connectivity index (χ2v) is 9.16. The van der Waals surface area contributed by atoms with Crippen molar-refractivity contribution in [2.24, 2.45) is 0 Å². The summed E-state index contributed by atoms with van der Waals surface area (Å²) in [7, 11) is 1.74. The van der Waals surface area contributed by atoms with Gasteiger partial charge in [-0.25, -0.2) is 14.4 Å². The predicted octanol–water partition coefficient (Wildman–Crippen LogP) is 4.89. The molecule has 2 heterocycles. The van der Waals surface area contributed by atoms with Crippen LogP contribution in [0.2, 0.25) is 0 Å². The van der Waals surface area contributed by atoms with E-state index in [-0.39, 0.29) is 17.0 Å². The van der Waals surface area contributed by atoms with Crippen molar-refractivity contribution >= 4 is 39.2 Å². The molecule has 3 rings (SSSR count). The van der Waals surface area contributed by atoms with Gasteiger partial charge >= 0.3 is 0 Å². The van der Waals surface area contributed by atoms with Crippen LogP contribution in [-0.2, 0) is 11.3 Å². The molecular formula is C20H22FN3OS2. The molecule has 27 heavy (non-hydrogen) atoms. The Morgan fingerprint density at radius 3 is 2.74 bits per heavy atom. The molecule has 1 atom stereocenters. The van der Waals surface area contributed by atoms with Crippen molar-refractivity contribution in [3.8, 4) is 0 Å². The quantitative estimate of drug-likeness (QED) is 0.449. The largest absolute Gasteiger partial charge is 0.340 e. The lowest BCUT2D eigenvalue weighted by atomic mass is 10.2. The molecule has 142 valence electrons. The monoisotopic (exact) mass is 403 g/mol. The second-order valence-electron chi connectivity index (χ2n) is 6.62. The van der Waals surface area contributed by atoms with Gasteiger partial charge in [0.25, 0.3) is 0 Å². The second kappa shape index (κ2) is 7.94. The Morgan fingerprint density at radius 1 is 1.30 bits per heavy atom. The summed E-state index contributed by atoms with van der Waals surface area (Å²) in [5.74, 6) is 0.398. The van der Waals surface area contributed by atoms with Crippen molar-refractivity contribution in [3.05, 3.63) is 51.9 Å². The molecule has 0 saturated carbocycles. The summed E-state index contributed by atoms with van der Waals surface area (Å²) < 4.78 is 13.4. The summed E-state index contributed by atoms with van der Waals surface area (Å²) in [4.78, 5) is 25.8. The zero-order chi connectivity index (χ0) is 19.7. The number of thiophene rings is 1. The molecule has 0 radical (unpaired) electrons. The van der Waals surface area contributed by atoms with E-state index < -0.39 is 0 Å². The molecule has 0 aliphatic heterocycles. The van der Waals surface area contributed by atoms with Crippen LogP contribution in [0.1, 0.15) is 28.8 Å². The van der Waals surface area contributed by atoms with Gasteiger partial charge in [-0.3, -0.25) is 4.79 Å². The highest BCUT2D eigenvalue weighted by molar-refractivity contribution is 8.00. The van der Waals surface area contributed by atoms with Crippen molar-refractivity contribution in [2.45, 2.75) is 44.5 Å². The Bertz CT molecular complexity index is 1000. The highest BCUT2D eigenvalue weighted by Gasteiger charge is 2.22. The molecule has 1 amide bonds. The molecule has 7 heteroatoms. The highest BCUT2D eigenvalue weighted by atomic mass is 32.2. The SMILES string of the molecule is Cc1nc(S[C@H](C)C(=O)N(C)Cc2cccc(F)c2)c2c(C)c(C)sc2n1. The van der Waals surface area contributed by atoms with E-state index in [1.54, 1.807) is 29.4 Å². The molecule has 4 nitrogen and oxygen atoms in total. The molecule has 0 N–H and O–H groups in total. The molecule has 2 aromatic heterocycles. The Morgan fingerprint density at radius 2 is 2.04 bits per heavy atom. The van der Waals surface area contributed by atoms with Crippen LogP contribution in [-0.4, -0.2) is 33.1 Å². The minimum Gasteiger partial charge on any atom is -0.340 e. The fourth-order valence-electron chi connectivity index (χ4n) is 2.92. The average Bonchev–Trinajstić information content (AvgIpc) is 2.88. The number of carbonyl (C=O) groups excluding carboxylic acids is 1. The van der Waals surface area contributed by atoms with E-state index in [0.29, 0.717) is 12.4 Å². The number of fused-ring (bicyclic) bond motifs is 1. The number of nitrogens with zero attached hydrogens (tertiary/aromatic N) is 3. The van der Waals surface area contributed by atoms with Crippen LogP contribution in [0.3, 0.4) is 0 Å². The summed E-state index contributed by atoms with van der Waals surface area (Å²) in [6, 6.07) is 6.33. The van der Waals surface area contributed by atoms with Crippen LogP contribution in [0.25, 0.3) is 10.2 Å². The fraction of sp³-hybridized carbons (Fsp3) is 0.350. The Balaban J connectivity index is 1.79. The summed E-state index contributed by atoms with van der Waals surface area (Å²) >= 11 is 3.11. The molecule has 0 spiro atoms. The van der Waals surface area contributed by atoms with E-state index in [1.807, 2.05) is 19.9 Å². The molecule has 1 aromatic carbocycles. The van der Waals surface area contributed by atoms with Crippen LogP contribution < -0.4 is 0 Å². The predicted molar refractivity (Wildman–Crippen MR) is 110 cm³/mol. The van der Waals surface area contributed by atoms with Gasteiger partial charge in [0.2, 0.25) is 5.91 Å². The maximum absolute atomic E-state index is 13.4. The van der Waals surface area contributed by atoms with Gasteiger partial charge in [0.1, 0.15) is 21.5 Å². The van der Waals surface area contributed by atoms with E-state index in [0.717, 1.165) is 20.8 Å². The third-order valence-electron chi connectivity index (χ3n) is 4.43. The standard InChI is InChI=1S/C20H22FN3OS2/c1-11-12(2)26-18-17(11)19(23-14(4)22-18)27-13(3)20(25)24(5)10-15-7-6-8-16(21)9-15/h6-9,13H,10H2,1-5H3/t13-/m1/s1. The lowest BCUT2D eigenvalue weighted by Gasteiger charge is -2.21. The Hall–Kier alpha value is -1.99. The molecule has 0 aliphatic carbocycles. The Labute approximate surface area is 166 Å². The Kier molecular flexibility index (Phi) is 5.81. The first-order valence-corrected chi connectivity index (χ1v) is 10.4. The number of thioether (sulfide) groups is 1. The fourth-order valence-corrected chi connectivity index (χ4v) is 5.22. The van der Waals surface area contributed by atoms with Gasteiger partial charge in [0.15, 0.2) is 0 Å². The third kappa shape index (κ3) is 4.30. The minimum absolute atomic E-state index is 0.0155. The van der Waals surface area contributed by atoms with Crippen LogP contribution in [0.5, 0.6) is 0 Å². The molecule has 0 unspecified atom stereocenters. The molecule has 0 aliphatic rings. The molecule has 0 bridgehead atoms. The van der Waals surface area contributed by atoms with Crippen molar-refractivity contribution in [1.82, 2.24) is 14.9 Å². The minimum atomic E-state index is -0.305. The molecule has 3 aromatic rings. The van der Waals surface area contributed by atoms with Gasteiger partial charge in [0.05, 0.1) is 5.25 Å². The normalized spacial score (nSPS) is 12.4. The van der Waals surface area contributed by atoms with E-state index in [1.165, 1.54) is 34.3 Å². The molecular weight excluding hydrogens is 381 g/mol. The van der Waals surface area contributed by atoms with Crippen molar-refractivity contribution in [3.63, 3.8) is 0 Å². The summed E-state index contributed by atoms with van der Waals surface area (Å²) in [5.41, 5.74) is 1.94. The number of benzene rings is 1. The number of rotatable bonds is 5. The number of halogens is 1. The number of hydrogen-bond donors (Lipinski definition) is 0. The lowest BCUT2D eigenvalue weighted by molar-refractivity contribution is -0.129. The first-order chi connectivity index (χ1) is 12.8. The first kappa shape index (κ1) is 19.8. The number of carbonyl (C=O) groups is 1. The van der Waals surface area contributed by atoms with Gasteiger partial charge in [-0.2, -0.15) is 0 Å². The average molecular weight is 404 g/mol. The molecule has 0 saturated heterocycles. The number of hydrogen-bond acceptors (Lipinski definition) is 5. The van der Waals surface area contributed by atoms with Gasteiger partial charge < -0.3 is 4.90 Å². The summed E-state index contributed by atoms with van der Waals surface area (Å²) in [5, 5.41) is 1.58. The number of aryl methyl sites for hydroxylation is 3. The summed E-state index contributed by atoms with van der Waals surface area (Å²) in [6.45, 7) is 8.27. The zero-order valence-electron chi connectivity index (χ0n) is 16.0. The van der Waals surface area contributed by atoms with E-state index in [2.05, 4.69) is 23.8 Å². The number of amides is 1. The maximum atomic E-state index is 13.4. The van der Waals surface area contributed by atoms with Gasteiger partial charge in [-0.1, -0.05) is 23.9 Å². The lowest BCUT2D eigenvalue weighted by Crippen LogP contribution is -2.32. The van der Waals surface area contributed by atoms with Crippen molar-refractivity contribution < 1.29 is 9.18 Å². The first-order valence-electron chi connectivity index (χ1n) is 8.66. The van der Waals surface area contributed by atoms with Crippen LogP contribution in [0.4, 0.5) is 4.39 Å². The van der Waals surface area contributed by atoms with Crippen LogP contribution >= 0.6 is 23.1 Å². The van der Waals surface area contributed by atoms with Crippen molar-refractivity contribution in [2.75, 3.05) is 7.05 Å². The smallest absolute Gasteiger partial charge is 0.235 e. The van der Waals surface area contributed by atoms with E-state index in [9.17, 15) is 9.18 Å². The van der Waals surface area contributed by atoms with E-state index >= 15 is 0 Å². The van der Waals surface area contributed by atoms with Crippen LogP contribution in [0.15, 0.2) is 29.3 Å². The molecule has 0 fully saturated rings. The highest BCUT2D eigenvalue weighted by Crippen LogP contribution is 2.36. The number of aromatic nitrogens is 2. The van der Waals surface area contributed by atoms with E-state index in [4.69, 9.17) is 0 Å². The summed E-state index contributed by atoms with van der Waals surface area (Å²) in [6.07, 6.45) is 0. The van der Waals surface area contributed by atoms with Gasteiger partial charge in [-0.05, 0) is 51.0 Å². The van der Waals surface area contributed by atoms with Crippen LogP contribution in [0, 0.1) is 26.6 Å². The third-order valence-corrected chi connectivity index (χ3v) is 6.60. The van der Waals surface area contributed by atoms with Crippen molar-refractivity contribution in [1.29, 1.82) is 0 Å². The van der Waals surface area contributed by atoms with Gasteiger partial charge in [-0.15, -0.1) is 11.3 Å².